The quantitative estimate of drug-likeness (QED) is 0.726. The summed E-state index contributed by atoms with van der Waals surface area (Å²) >= 11 is 0. The summed E-state index contributed by atoms with van der Waals surface area (Å²) in [7, 11) is 1.68. The summed E-state index contributed by atoms with van der Waals surface area (Å²) in [5.74, 6) is 0.870. The largest absolute Gasteiger partial charge is 0.494 e. The maximum atomic E-state index is 13.1. The summed E-state index contributed by atoms with van der Waals surface area (Å²) in [6.07, 6.45) is 1.52. The molecule has 0 bridgehead atoms. The highest BCUT2D eigenvalue weighted by molar-refractivity contribution is 6.01. The van der Waals surface area contributed by atoms with Crippen LogP contribution in [0.5, 0.6) is 5.75 Å². The van der Waals surface area contributed by atoms with E-state index in [1.54, 1.807) is 7.11 Å². The highest BCUT2D eigenvalue weighted by Crippen LogP contribution is 2.34. The van der Waals surface area contributed by atoms with Gasteiger partial charge in [-0.15, -0.1) is 0 Å². The molecular weight excluding hydrogens is 328 g/mol. The van der Waals surface area contributed by atoms with Crippen LogP contribution in [0.3, 0.4) is 0 Å². The van der Waals surface area contributed by atoms with Gasteiger partial charge in [0.25, 0.3) is 5.91 Å². The van der Waals surface area contributed by atoms with Gasteiger partial charge in [0.05, 0.1) is 12.2 Å². The molecule has 0 saturated heterocycles. The summed E-state index contributed by atoms with van der Waals surface area (Å²) in [4.78, 5) is 14.9. The van der Waals surface area contributed by atoms with E-state index < -0.39 is 0 Å². The first kappa shape index (κ1) is 18.3. The molecule has 0 aromatic heterocycles. The molecule has 5 nitrogen and oxygen atoms in total. The second-order valence-corrected chi connectivity index (χ2v) is 6.36. The van der Waals surface area contributed by atoms with Gasteiger partial charge in [-0.25, -0.2) is 0 Å². The van der Waals surface area contributed by atoms with Gasteiger partial charge in [-0.3, -0.25) is 4.79 Å². The van der Waals surface area contributed by atoms with Crippen LogP contribution in [0.1, 0.15) is 41.9 Å². The first-order valence-corrected chi connectivity index (χ1v) is 9.13. The molecule has 2 aromatic carbocycles. The van der Waals surface area contributed by atoms with Gasteiger partial charge in [-0.2, -0.15) is 0 Å². The fourth-order valence-corrected chi connectivity index (χ4v) is 3.16. The van der Waals surface area contributed by atoms with E-state index >= 15 is 0 Å². The fourth-order valence-electron chi connectivity index (χ4n) is 3.16. The number of fused-ring (bicyclic) bond motifs is 1. The lowest BCUT2D eigenvalue weighted by Gasteiger charge is -2.38. The molecule has 0 saturated carbocycles. The lowest BCUT2D eigenvalue weighted by Crippen LogP contribution is -2.43. The molecule has 1 heterocycles. The Kier molecular flexibility index (Phi) is 6.12. The van der Waals surface area contributed by atoms with Gasteiger partial charge in [-0.05, 0) is 42.7 Å². The topological polar surface area (TPSA) is 50.8 Å². The highest BCUT2D eigenvalue weighted by atomic mass is 16.5. The van der Waals surface area contributed by atoms with E-state index in [4.69, 9.17) is 9.47 Å². The number of carbonyl (C=O) groups is 1. The predicted octanol–water partition coefficient (Wildman–Crippen LogP) is 4.08. The minimum Gasteiger partial charge on any atom is -0.494 e. The number of para-hydroxylation sites is 1. The Balaban J connectivity index is 1.90. The van der Waals surface area contributed by atoms with Gasteiger partial charge >= 0.3 is 0 Å². The summed E-state index contributed by atoms with van der Waals surface area (Å²) in [5.41, 5.74) is 2.59. The Hall–Kier alpha value is -2.53. The van der Waals surface area contributed by atoms with Crippen molar-refractivity contribution in [3.63, 3.8) is 0 Å². The second-order valence-electron chi connectivity index (χ2n) is 6.36. The molecule has 1 aliphatic heterocycles. The third-order valence-corrected chi connectivity index (χ3v) is 4.42. The molecule has 0 radical (unpaired) electrons. The number of rotatable bonds is 8. The van der Waals surface area contributed by atoms with Crippen LogP contribution in [0.2, 0.25) is 0 Å². The minimum atomic E-state index is -0.223. The Morgan fingerprint density at radius 1 is 1.12 bits per heavy atom. The van der Waals surface area contributed by atoms with Gasteiger partial charge in [-0.1, -0.05) is 31.2 Å². The van der Waals surface area contributed by atoms with Crippen molar-refractivity contribution in [3.8, 4) is 5.75 Å². The third kappa shape index (κ3) is 3.99. The number of benzene rings is 2. The number of carbonyl (C=O) groups excluding carboxylic acids is 1. The van der Waals surface area contributed by atoms with E-state index in [1.807, 2.05) is 53.4 Å². The van der Waals surface area contributed by atoms with Gasteiger partial charge in [0.2, 0.25) is 0 Å². The van der Waals surface area contributed by atoms with Crippen LogP contribution in [0.15, 0.2) is 48.5 Å². The zero-order chi connectivity index (χ0) is 18.4. The maximum Gasteiger partial charge on any atom is 0.257 e. The molecule has 1 aliphatic rings. The number of hydrogen-bond donors (Lipinski definition) is 1. The van der Waals surface area contributed by atoms with Crippen molar-refractivity contribution in [1.82, 2.24) is 4.90 Å². The zero-order valence-corrected chi connectivity index (χ0v) is 15.4. The summed E-state index contributed by atoms with van der Waals surface area (Å²) in [6, 6.07) is 15.6. The van der Waals surface area contributed by atoms with Crippen molar-refractivity contribution >= 4 is 11.6 Å². The monoisotopic (exact) mass is 354 g/mol. The lowest BCUT2D eigenvalue weighted by molar-refractivity contribution is 0.0660. The van der Waals surface area contributed by atoms with Gasteiger partial charge < -0.3 is 19.7 Å². The first-order chi connectivity index (χ1) is 12.7. The molecule has 1 atom stereocenters. The number of ether oxygens (including phenoxy) is 2. The van der Waals surface area contributed by atoms with Crippen molar-refractivity contribution in [2.24, 2.45) is 0 Å². The Morgan fingerprint density at radius 2 is 1.96 bits per heavy atom. The maximum absolute atomic E-state index is 13.1. The Bertz CT molecular complexity index is 748. The average molecular weight is 354 g/mol. The summed E-state index contributed by atoms with van der Waals surface area (Å²) in [5, 5.41) is 3.51. The number of anilines is 1. The summed E-state index contributed by atoms with van der Waals surface area (Å²) < 4.78 is 10.9. The molecule has 1 unspecified atom stereocenters. The number of methoxy groups -OCH3 is 1. The Morgan fingerprint density at radius 3 is 2.77 bits per heavy atom. The number of nitrogens with zero attached hydrogens (tertiary/aromatic N) is 1. The third-order valence-electron chi connectivity index (χ3n) is 4.42. The van der Waals surface area contributed by atoms with Crippen LogP contribution >= 0.6 is 0 Å². The van der Waals surface area contributed by atoms with E-state index in [0.717, 1.165) is 29.8 Å². The van der Waals surface area contributed by atoms with Crippen LogP contribution in [-0.2, 0) is 4.74 Å². The zero-order valence-electron chi connectivity index (χ0n) is 15.4. The molecule has 0 spiro atoms. The van der Waals surface area contributed by atoms with Crippen LogP contribution in [0.25, 0.3) is 0 Å². The number of nitrogens with one attached hydrogen (secondary N) is 1. The molecule has 3 rings (SSSR count). The predicted molar refractivity (Wildman–Crippen MR) is 103 cm³/mol. The Labute approximate surface area is 154 Å². The van der Waals surface area contributed by atoms with E-state index in [2.05, 4.69) is 12.2 Å². The first-order valence-electron chi connectivity index (χ1n) is 9.13. The van der Waals surface area contributed by atoms with E-state index in [9.17, 15) is 4.79 Å². The van der Waals surface area contributed by atoms with E-state index in [0.29, 0.717) is 25.3 Å². The van der Waals surface area contributed by atoms with Crippen molar-refractivity contribution in [2.75, 3.05) is 32.2 Å². The van der Waals surface area contributed by atoms with Crippen molar-refractivity contribution in [3.05, 3.63) is 59.7 Å². The second kappa shape index (κ2) is 8.72. The highest BCUT2D eigenvalue weighted by Gasteiger charge is 2.32. The smallest absolute Gasteiger partial charge is 0.257 e. The fraction of sp³-hybridized carbons (Fsp3) is 0.381. The van der Waals surface area contributed by atoms with Crippen molar-refractivity contribution in [2.45, 2.75) is 25.9 Å². The van der Waals surface area contributed by atoms with E-state index in [-0.39, 0.29) is 12.1 Å². The van der Waals surface area contributed by atoms with Crippen LogP contribution < -0.4 is 10.1 Å². The van der Waals surface area contributed by atoms with Crippen molar-refractivity contribution < 1.29 is 14.3 Å². The molecule has 0 aliphatic carbocycles. The van der Waals surface area contributed by atoms with Crippen molar-refractivity contribution in [1.29, 1.82) is 0 Å². The van der Waals surface area contributed by atoms with Gasteiger partial charge in [0, 0.05) is 25.9 Å². The van der Waals surface area contributed by atoms with Gasteiger partial charge in [0.15, 0.2) is 0 Å². The van der Waals surface area contributed by atoms with Crippen LogP contribution in [0.4, 0.5) is 5.69 Å². The number of hydrogen-bond acceptors (Lipinski definition) is 4. The van der Waals surface area contributed by atoms with E-state index in [1.165, 1.54) is 0 Å². The average Bonchev–Trinajstić information content (AvgIpc) is 2.68. The SMILES string of the molecule is CCCOc1cccc(C2Nc3ccccc3C(=O)N2CCCOC)c1. The molecule has 0 fully saturated rings. The van der Waals surface area contributed by atoms with Gasteiger partial charge in [0.1, 0.15) is 11.9 Å². The molecular formula is C21H26N2O3. The molecule has 5 heteroatoms. The molecule has 1 amide bonds. The molecule has 26 heavy (non-hydrogen) atoms. The molecule has 2 aromatic rings. The minimum absolute atomic E-state index is 0.0420. The lowest BCUT2D eigenvalue weighted by atomic mass is 10.0. The molecule has 1 N–H and O–H groups in total. The standard InChI is InChI=1S/C21H26N2O3/c1-3-13-26-17-9-6-8-16(15-17)20-22-19-11-5-4-10-18(19)21(24)23(20)12-7-14-25-2/h4-6,8-11,15,20,22H,3,7,12-14H2,1-2H3. The van der Waals surface area contributed by atoms with Crippen LogP contribution in [0, 0.1) is 0 Å². The van der Waals surface area contributed by atoms with Crippen LogP contribution in [-0.4, -0.2) is 37.7 Å². The summed E-state index contributed by atoms with van der Waals surface area (Å²) in [6.45, 7) is 4.01. The normalized spacial score (nSPS) is 16.2. The molecule has 138 valence electrons. The number of amides is 1.